The van der Waals surface area contributed by atoms with Crippen molar-refractivity contribution in [2.75, 3.05) is 12.8 Å². The van der Waals surface area contributed by atoms with Crippen molar-refractivity contribution in [3.8, 4) is 5.75 Å². The first kappa shape index (κ1) is 11.6. The lowest BCUT2D eigenvalue weighted by atomic mass is 10.1. The van der Waals surface area contributed by atoms with Crippen LogP contribution in [0.2, 0.25) is 0 Å². The van der Waals surface area contributed by atoms with Crippen LogP contribution in [0.25, 0.3) is 0 Å². The zero-order chi connectivity index (χ0) is 11.6. The number of methoxy groups -OCH3 is 1. The molecule has 0 spiro atoms. The van der Waals surface area contributed by atoms with Gasteiger partial charge in [-0.25, -0.2) is 0 Å². The lowest BCUT2D eigenvalue weighted by molar-refractivity contribution is -0.138. The van der Waals surface area contributed by atoms with E-state index < -0.39 is 11.7 Å². The normalized spacial score (nSPS) is 11.5. The van der Waals surface area contributed by atoms with Crippen molar-refractivity contribution in [3.05, 3.63) is 23.3 Å². The van der Waals surface area contributed by atoms with Gasteiger partial charge in [-0.1, -0.05) is 0 Å². The topological polar surface area (TPSA) is 61.3 Å². The van der Waals surface area contributed by atoms with Crippen molar-refractivity contribution >= 4 is 5.69 Å². The molecular weight excluding hydrogens is 209 g/mol. The Labute approximate surface area is 84.8 Å². The van der Waals surface area contributed by atoms with Gasteiger partial charge in [-0.3, -0.25) is 0 Å². The van der Waals surface area contributed by atoms with Crippen LogP contribution in [0.4, 0.5) is 18.9 Å². The average Bonchev–Trinajstić information content (AvgIpc) is 2.15. The first-order valence-corrected chi connectivity index (χ1v) is 4.14. The molecule has 4 N–H and O–H groups in total. The number of anilines is 1. The van der Waals surface area contributed by atoms with Gasteiger partial charge in [0.1, 0.15) is 5.75 Å². The predicted molar refractivity (Wildman–Crippen MR) is 50.3 cm³/mol. The van der Waals surface area contributed by atoms with Gasteiger partial charge in [0.2, 0.25) is 0 Å². The van der Waals surface area contributed by atoms with Gasteiger partial charge in [-0.15, -0.1) is 0 Å². The maximum atomic E-state index is 12.5. The quantitative estimate of drug-likeness (QED) is 0.746. The Balaban J connectivity index is 3.42. The SMILES string of the molecule is COc1c(C(F)(F)F)ccc(N)c1CN. The molecule has 0 saturated heterocycles. The largest absolute Gasteiger partial charge is 0.496 e. The monoisotopic (exact) mass is 220 g/mol. The summed E-state index contributed by atoms with van der Waals surface area (Å²) in [5, 5.41) is 0. The Kier molecular flexibility index (Phi) is 3.09. The van der Waals surface area contributed by atoms with Crippen molar-refractivity contribution in [2.45, 2.75) is 12.7 Å². The molecule has 0 aromatic heterocycles. The molecule has 0 saturated carbocycles. The zero-order valence-electron chi connectivity index (χ0n) is 8.06. The molecule has 0 bridgehead atoms. The molecule has 0 aliphatic carbocycles. The lowest BCUT2D eigenvalue weighted by Crippen LogP contribution is -2.12. The maximum Gasteiger partial charge on any atom is 0.419 e. The van der Waals surface area contributed by atoms with Gasteiger partial charge < -0.3 is 16.2 Å². The summed E-state index contributed by atoms with van der Waals surface area (Å²) >= 11 is 0. The maximum absolute atomic E-state index is 12.5. The van der Waals surface area contributed by atoms with Crippen LogP contribution < -0.4 is 16.2 Å². The molecule has 0 aliphatic rings. The van der Waals surface area contributed by atoms with E-state index in [4.69, 9.17) is 16.2 Å². The molecule has 0 amide bonds. The number of nitrogen functional groups attached to an aromatic ring is 1. The molecule has 0 aliphatic heterocycles. The minimum atomic E-state index is -4.47. The third-order valence-electron chi connectivity index (χ3n) is 2.01. The molecule has 15 heavy (non-hydrogen) atoms. The van der Waals surface area contributed by atoms with Crippen LogP contribution in [0.5, 0.6) is 5.75 Å². The molecule has 1 rings (SSSR count). The van der Waals surface area contributed by atoms with Crippen LogP contribution in [0.3, 0.4) is 0 Å². The summed E-state index contributed by atoms with van der Waals surface area (Å²) in [5.74, 6) is -0.301. The molecule has 0 fully saturated rings. The van der Waals surface area contributed by atoms with Gasteiger partial charge >= 0.3 is 6.18 Å². The summed E-state index contributed by atoms with van der Waals surface area (Å²) in [5.41, 5.74) is 10.3. The van der Waals surface area contributed by atoms with E-state index in [9.17, 15) is 13.2 Å². The second-order valence-electron chi connectivity index (χ2n) is 2.92. The summed E-state index contributed by atoms with van der Waals surface area (Å²) in [6.45, 7) is -0.0983. The Bertz CT molecular complexity index is 363. The van der Waals surface area contributed by atoms with Crippen molar-refractivity contribution in [3.63, 3.8) is 0 Å². The highest BCUT2D eigenvalue weighted by Crippen LogP contribution is 2.39. The van der Waals surface area contributed by atoms with E-state index >= 15 is 0 Å². The van der Waals surface area contributed by atoms with Gasteiger partial charge in [0, 0.05) is 17.8 Å². The van der Waals surface area contributed by atoms with Gasteiger partial charge in [0.25, 0.3) is 0 Å². The molecule has 0 unspecified atom stereocenters. The van der Waals surface area contributed by atoms with Crippen molar-refractivity contribution in [1.82, 2.24) is 0 Å². The smallest absolute Gasteiger partial charge is 0.419 e. The molecule has 1 aromatic carbocycles. The number of alkyl halides is 3. The zero-order valence-corrected chi connectivity index (χ0v) is 8.06. The van der Waals surface area contributed by atoms with Gasteiger partial charge in [0.15, 0.2) is 0 Å². The van der Waals surface area contributed by atoms with Crippen LogP contribution >= 0.6 is 0 Å². The Morgan fingerprint density at radius 2 is 1.93 bits per heavy atom. The molecule has 3 nitrogen and oxygen atoms in total. The molecular formula is C9H11F3N2O. The second-order valence-corrected chi connectivity index (χ2v) is 2.92. The van der Waals surface area contributed by atoms with Crippen LogP contribution in [0, 0.1) is 0 Å². The molecule has 6 heteroatoms. The molecule has 0 heterocycles. The summed E-state index contributed by atoms with van der Waals surface area (Å²) in [6, 6.07) is 2.06. The van der Waals surface area contributed by atoms with Crippen LogP contribution in [0.1, 0.15) is 11.1 Å². The molecule has 84 valence electrons. The number of rotatable bonds is 2. The summed E-state index contributed by atoms with van der Waals surface area (Å²) in [7, 11) is 1.16. The van der Waals surface area contributed by atoms with Crippen LogP contribution in [0.15, 0.2) is 12.1 Å². The highest BCUT2D eigenvalue weighted by molar-refractivity contribution is 5.58. The van der Waals surface area contributed by atoms with Crippen LogP contribution in [-0.2, 0) is 12.7 Å². The lowest BCUT2D eigenvalue weighted by Gasteiger charge is -2.16. The second kappa shape index (κ2) is 3.98. The minimum Gasteiger partial charge on any atom is -0.496 e. The Morgan fingerprint density at radius 3 is 2.33 bits per heavy atom. The Morgan fingerprint density at radius 1 is 1.33 bits per heavy atom. The van der Waals surface area contributed by atoms with E-state index in [2.05, 4.69) is 0 Å². The molecule has 0 radical (unpaired) electrons. The number of halogens is 3. The first-order chi connectivity index (χ1) is 6.91. The van der Waals surface area contributed by atoms with Gasteiger partial charge in [-0.05, 0) is 12.1 Å². The number of hydrogen-bond donors (Lipinski definition) is 2. The minimum absolute atomic E-state index is 0.0983. The summed E-state index contributed by atoms with van der Waals surface area (Å²) < 4.78 is 42.3. The van der Waals surface area contributed by atoms with E-state index in [0.29, 0.717) is 0 Å². The Hall–Kier alpha value is -1.43. The number of hydrogen-bond acceptors (Lipinski definition) is 3. The highest BCUT2D eigenvalue weighted by atomic mass is 19.4. The van der Waals surface area contributed by atoms with Gasteiger partial charge in [0.05, 0.1) is 12.7 Å². The summed E-state index contributed by atoms with van der Waals surface area (Å²) in [6.07, 6.45) is -4.47. The molecule has 0 atom stereocenters. The predicted octanol–water partition coefficient (Wildman–Crippen LogP) is 1.75. The van der Waals surface area contributed by atoms with E-state index in [0.717, 1.165) is 13.2 Å². The summed E-state index contributed by atoms with van der Waals surface area (Å²) in [4.78, 5) is 0. The number of ether oxygens (including phenoxy) is 1. The average molecular weight is 220 g/mol. The first-order valence-electron chi connectivity index (χ1n) is 4.14. The molecule has 1 aromatic rings. The van der Waals surface area contributed by atoms with E-state index in [1.54, 1.807) is 0 Å². The fraction of sp³-hybridized carbons (Fsp3) is 0.333. The van der Waals surface area contributed by atoms with Crippen molar-refractivity contribution < 1.29 is 17.9 Å². The fourth-order valence-corrected chi connectivity index (χ4v) is 1.31. The third-order valence-corrected chi connectivity index (χ3v) is 2.01. The van der Waals surface area contributed by atoms with E-state index in [-0.39, 0.29) is 23.5 Å². The van der Waals surface area contributed by atoms with Crippen LogP contribution in [-0.4, -0.2) is 7.11 Å². The number of nitrogens with two attached hydrogens (primary N) is 2. The van der Waals surface area contributed by atoms with Crippen molar-refractivity contribution in [1.29, 1.82) is 0 Å². The number of benzene rings is 1. The standard InChI is InChI=1S/C9H11F3N2O/c1-15-8-5(4-13)7(14)3-2-6(8)9(10,11)12/h2-3H,4,13-14H2,1H3. The van der Waals surface area contributed by atoms with E-state index in [1.807, 2.05) is 0 Å². The fourth-order valence-electron chi connectivity index (χ4n) is 1.31. The third kappa shape index (κ3) is 2.15. The van der Waals surface area contributed by atoms with E-state index in [1.165, 1.54) is 6.07 Å². The van der Waals surface area contributed by atoms with Gasteiger partial charge in [-0.2, -0.15) is 13.2 Å². The highest BCUT2D eigenvalue weighted by Gasteiger charge is 2.35. The van der Waals surface area contributed by atoms with Crippen molar-refractivity contribution in [2.24, 2.45) is 5.73 Å².